The molecule has 2 nitrogen and oxygen atoms in total. The Labute approximate surface area is 129 Å². The van der Waals surface area contributed by atoms with E-state index in [0.717, 1.165) is 13.2 Å². The van der Waals surface area contributed by atoms with Crippen LogP contribution in [0.25, 0.3) is 0 Å². The van der Waals surface area contributed by atoms with E-state index in [1.54, 1.807) is 11.1 Å². The number of rotatable bonds is 5. The lowest BCUT2D eigenvalue weighted by Crippen LogP contribution is -2.35. The number of hydrogen-bond donors (Lipinski definition) is 1. The zero-order chi connectivity index (χ0) is 14.7. The summed E-state index contributed by atoms with van der Waals surface area (Å²) < 4.78 is 6.06. The molecule has 3 rings (SSSR count). The van der Waals surface area contributed by atoms with Gasteiger partial charge in [0.2, 0.25) is 0 Å². The maximum atomic E-state index is 6.06. The summed E-state index contributed by atoms with van der Waals surface area (Å²) in [6, 6.07) is 7.52. The predicted octanol–water partition coefficient (Wildman–Crippen LogP) is 4.03. The van der Waals surface area contributed by atoms with Crippen molar-refractivity contribution in [2.45, 2.75) is 64.5 Å². The van der Waals surface area contributed by atoms with Gasteiger partial charge in [-0.05, 0) is 67.7 Å². The molecule has 3 unspecified atom stereocenters. The number of hydrogen-bond acceptors (Lipinski definition) is 2. The highest BCUT2D eigenvalue weighted by Gasteiger charge is 2.33. The zero-order valence-corrected chi connectivity index (χ0v) is 13.5. The fourth-order valence-electron chi connectivity index (χ4n) is 3.81. The van der Waals surface area contributed by atoms with Gasteiger partial charge in [-0.1, -0.05) is 32.0 Å². The van der Waals surface area contributed by atoms with Crippen molar-refractivity contribution in [3.63, 3.8) is 0 Å². The van der Waals surface area contributed by atoms with E-state index in [1.807, 2.05) is 0 Å². The van der Waals surface area contributed by atoms with E-state index in [1.165, 1.54) is 44.1 Å². The molecule has 1 saturated heterocycles. The van der Waals surface area contributed by atoms with Crippen LogP contribution in [0.3, 0.4) is 0 Å². The minimum Gasteiger partial charge on any atom is -0.376 e. The van der Waals surface area contributed by atoms with Crippen LogP contribution in [0.2, 0.25) is 0 Å². The molecular weight excluding hydrogens is 258 g/mol. The topological polar surface area (TPSA) is 21.3 Å². The van der Waals surface area contributed by atoms with Gasteiger partial charge in [-0.25, -0.2) is 0 Å². The van der Waals surface area contributed by atoms with Gasteiger partial charge in [-0.3, -0.25) is 0 Å². The summed E-state index contributed by atoms with van der Waals surface area (Å²) in [6.45, 7) is 6.54. The number of aryl methyl sites for hydroxylation is 2. The van der Waals surface area contributed by atoms with Gasteiger partial charge >= 0.3 is 0 Å². The fraction of sp³-hybridized carbons (Fsp3) is 0.684. The normalized spacial score (nSPS) is 26.6. The maximum Gasteiger partial charge on any atom is 0.0795 e. The molecule has 3 atom stereocenters. The second-order valence-corrected chi connectivity index (χ2v) is 6.77. The molecule has 0 spiro atoms. The molecule has 1 aromatic rings. The van der Waals surface area contributed by atoms with Crippen LogP contribution in [0.5, 0.6) is 0 Å². The Morgan fingerprint density at radius 3 is 2.76 bits per heavy atom. The molecule has 1 fully saturated rings. The van der Waals surface area contributed by atoms with Gasteiger partial charge in [-0.15, -0.1) is 0 Å². The van der Waals surface area contributed by atoms with Crippen LogP contribution in [-0.2, 0) is 17.6 Å². The molecule has 1 N–H and O–H groups in total. The molecule has 1 heterocycles. The first-order chi connectivity index (χ1) is 10.3. The minimum absolute atomic E-state index is 0.332. The number of nitrogens with one attached hydrogen (secondary N) is 1. The van der Waals surface area contributed by atoms with Gasteiger partial charge in [0.05, 0.1) is 12.1 Å². The first-order valence-corrected chi connectivity index (χ1v) is 8.76. The van der Waals surface area contributed by atoms with E-state index in [2.05, 4.69) is 37.4 Å². The lowest BCUT2D eigenvalue weighted by atomic mass is 9.86. The molecule has 0 saturated carbocycles. The highest BCUT2D eigenvalue weighted by Crippen LogP contribution is 2.33. The summed E-state index contributed by atoms with van der Waals surface area (Å²) in [7, 11) is 0. The third kappa shape index (κ3) is 3.32. The number of fused-ring (bicyclic) bond motifs is 1. The first kappa shape index (κ1) is 15.1. The summed E-state index contributed by atoms with van der Waals surface area (Å²) in [5.74, 6) is 0.649. The van der Waals surface area contributed by atoms with Crippen LogP contribution in [0.1, 0.15) is 62.3 Å². The van der Waals surface area contributed by atoms with Crippen LogP contribution >= 0.6 is 0 Å². The van der Waals surface area contributed by atoms with Crippen molar-refractivity contribution in [1.29, 1.82) is 0 Å². The Kier molecular flexibility index (Phi) is 4.97. The lowest BCUT2D eigenvalue weighted by molar-refractivity contribution is 0.0607. The van der Waals surface area contributed by atoms with Crippen molar-refractivity contribution in [2.75, 3.05) is 13.2 Å². The monoisotopic (exact) mass is 287 g/mol. The smallest absolute Gasteiger partial charge is 0.0795 e. The Morgan fingerprint density at radius 1 is 1.24 bits per heavy atom. The average molecular weight is 287 g/mol. The van der Waals surface area contributed by atoms with Gasteiger partial charge in [-0.2, -0.15) is 0 Å². The Bertz CT molecular complexity index is 471. The second-order valence-electron chi connectivity index (χ2n) is 6.77. The Hall–Kier alpha value is -0.860. The van der Waals surface area contributed by atoms with Gasteiger partial charge in [0, 0.05) is 6.61 Å². The summed E-state index contributed by atoms with van der Waals surface area (Å²) in [6.07, 6.45) is 7.91. The molecule has 1 aromatic carbocycles. The SMILES string of the molecule is CCCNC(c1ccc2c(c1)CCCC2)C1OCCC1C. The van der Waals surface area contributed by atoms with Crippen molar-refractivity contribution in [2.24, 2.45) is 5.92 Å². The molecule has 116 valence electrons. The standard InChI is InChI=1S/C19H29NO/c1-3-11-20-18(19-14(2)10-12-21-19)17-9-8-15-6-4-5-7-16(15)13-17/h8-9,13-14,18-20H,3-7,10-12H2,1-2H3. The highest BCUT2D eigenvalue weighted by atomic mass is 16.5. The van der Waals surface area contributed by atoms with E-state index in [4.69, 9.17) is 4.74 Å². The van der Waals surface area contributed by atoms with E-state index >= 15 is 0 Å². The van der Waals surface area contributed by atoms with Crippen LogP contribution in [-0.4, -0.2) is 19.3 Å². The molecule has 1 aliphatic carbocycles. The Balaban J connectivity index is 1.84. The molecule has 0 radical (unpaired) electrons. The van der Waals surface area contributed by atoms with E-state index in [-0.39, 0.29) is 0 Å². The quantitative estimate of drug-likeness (QED) is 0.883. The highest BCUT2D eigenvalue weighted by molar-refractivity contribution is 5.35. The third-order valence-electron chi connectivity index (χ3n) is 5.12. The first-order valence-electron chi connectivity index (χ1n) is 8.76. The largest absolute Gasteiger partial charge is 0.376 e. The van der Waals surface area contributed by atoms with Crippen molar-refractivity contribution < 1.29 is 4.74 Å². The molecular formula is C19H29NO. The predicted molar refractivity (Wildman–Crippen MR) is 87.6 cm³/mol. The maximum absolute atomic E-state index is 6.06. The lowest BCUT2D eigenvalue weighted by Gasteiger charge is -2.29. The summed E-state index contributed by atoms with van der Waals surface area (Å²) in [5.41, 5.74) is 4.58. The Morgan fingerprint density at radius 2 is 2.05 bits per heavy atom. The average Bonchev–Trinajstić information content (AvgIpc) is 2.94. The molecule has 21 heavy (non-hydrogen) atoms. The van der Waals surface area contributed by atoms with E-state index in [0.29, 0.717) is 18.1 Å². The summed E-state index contributed by atoms with van der Waals surface area (Å²) >= 11 is 0. The van der Waals surface area contributed by atoms with Gasteiger partial charge < -0.3 is 10.1 Å². The zero-order valence-electron chi connectivity index (χ0n) is 13.5. The van der Waals surface area contributed by atoms with Crippen molar-refractivity contribution in [3.05, 3.63) is 34.9 Å². The van der Waals surface area contributed by atoms with Crippen LogP contribution in [0, 0.1) is 5.92 Å². The van der Waals surface area contributed by atoms with Gasteiger partial charge in [0.25, 0.3) is 0 Å². The molecule has 0 aromatic heterocycles. The van der Waals surface area contributed by atoms with Crippen LogP contribution in [0.4, 0.5) is 0 Å². The van der Waals surface area contributed by atoms with E-state index < -0.39 is 0 Å². The van der Waals surface area contributed by atoms with E-state index in [9.17, 15) is 0 Å². The number of benzene rings is 1. The summed E-state index contributed by atoms with van der Waals surface area (Å²) in [5, 5.41) is 3.74. The molecule has 2 heteroatoms. The molecule has 2 aliphatic rings. The van der Waals surface area contributed by atoms with Crippen LogP contribution < -0.4 is 5.32 Å². The van der Waals surface area contributed by atoms with Gasteiger partial charge in [0.15, 0.2) is 0 Å². The third-order valence-corrected chi connectivity index (χ3v) is 5.12. The van der Waals surface area contributed by atoms with Gasteiger partial charge in [0.1, 0.15) is 0 Å². The number of ether oxygens (including phenoxy) is 1. The summed E-state index contributed by atoms with van der Waals surface area (Å²) in [4.78, 5) is 0. The molecule has 1 aliphatic heterocycles. The second kappa shape index (κ2) is 6.93. The van der Waals surface area contributed by atoms with Crippen molar-refractivity contribution in [3.8, 4) is 0 Å². The fourth-order valence-corrected chi connectivity index (χ4v) is 3.81. The van der Waals surface area contributed by atoms with Crippen LogP contribution in [0.15, 0.2) is 18.2 Å². The minimum atomic E-state index is 0.332. The molecule has 0 amide bonds. The van der Waals surface area contributed by atoms with Crippen molar-refractivity contribution in [1.82, 2.24) is 5.32 Å². The van der Waals surface area contributed by atoms with Crippen molar-refractivity contribution >= 4 is 0 Å². The molecule has 0 bridgehead atoms.